The van der Waals surface area contributed by atoms with Crippen LogP contribution in [0, 0.1) is 0 Å². The number of carbonyl (C=O) groups is 2. The number of rotatable bonds is 3. The fourth-order valence-electron chi connectivity index (χ4n) is 3.29. The first-order valence-electron chi connectivity index (χ1n) is 8.61. The minimum Gasteiger partial charge on any atom is -0.507 e. The zero-order valence-electron chi connectivity index (χ0n) is 14.6. The Balaban J connectivity index is 1.95. The summed E-state index contributed by atoms with van der Waals surface area (Å²) in [5.74, 6) is -1.74. The van der Waals surface area contributed by atoms with Crippen molar-refractivity contribution in [2.75, 3.05) is 4.90 Å². The van der Waals surface area contributed by atoms with Gasteiger partial charge in [0.2, 0.25) is 0 Å². The molecule has 3 aromatic rings. The van der Waals surface area contributed by atoms with E-state index < -0.39 is 17.7 Å². The summed E-state index contributed by atoms with van der Waals surface area (Å²) in [5, 5.41) is 11.3. The molecule has 1 fully saturated rings. The van der Waals surface area contributed by atoms with Gasteiger partial charge in [-0.1, -0.05) is 54.1 Å². The number of aliphatic hydroxyl groups excluding tert-OH is 1. The summed E-state index contributed by atoms with van der Waals surface area (Å²) < 4.78 is 0. The van der Waals surface area contributed by atoms with Crippen molar-refractivity contribution in [2.24, 2.45) is 0 Å². The van der Waals surface area contributed by atoms with E-state index in [1.165, 1.54) is 4.90 Å². The second kappa shape index (κ2) is 7.29. The van der Waals surface area contributed by atoms with Gasteiger partial charge >= 0.3 is 0 Å². The SMILES string of the molecule is O=C1C(=O)N(c2cccc(Cl)c2)C(c2ccccn2)/C1=C(\O)c1ccccc1. The molecule has 2 heterocycles. The summed E-state index contributed by atoms with van der Waals surface area (Å²) >= 11 is 6.10. The van der Waals surface area contributed by atoms with E-state index in [2.05, 4.69) is 4.98 Å². The van der Waals surface area contributed by atoms with Gasteiger partial charge in [0.15, 0.2) is 0 Å². The van der Waals surface area contributed by atoms with Gasteiger partial charge in [-0.3, -0.25) is 19.5 Å². The minimum atomic E-state index is -0.861. The predicted molar refractivity (Wildman–Crippen MR) is 107 cm³/mol. The van der Waals surface area contributed by atoms with Crippen molar-refractivity contribution in [1.82, 2.24) is 4.98 Å². The number of Topliss-reactive ketones (excluding diaryl/α,β-unsaturated/α-hetero) is 1. The molecule has 0 saturated carbocycles. The van der Waals surface area contributed by atoms with Crippen molar-refractivity contribution >= 4 is 34.7 Å². The molecule has 1 amide bonds. The van der Waals surface area contributed by atoms with Crippen LogP contribution in [0.25, 0.3) is 5.76 Å². The van der Waals surface area contributed by atoms with E-state index in [1.807, 2.05) is 0 Å². The van der Waals surface area contributed by atoms with E-state index in [0.717, 1.165) is 0 Å². The van der Waals surface area contributed by atoms with Crippen LogP contribution in [0.3, 0.4) is 0 Å². The lowest BCUT2D eigenvalue weighted by Crippen LogP contribution is -2.29. The number of hydrogen-bond acceptors (Lipinski definition) is 4. The van der Waals surface area contributed by atoms with E-state index >= 15 is 0 Å². The van der Waals surface area contributed by atoms with Crippen molar-refractivity contribution in [2.45, 2.75) is 6.04 Å². The van der Waals surface area contributed by atoms with Gasteiger partial charge in [-0.15, -0.1) is 0 Å². The van der Waals surface area contributed by atoms with Crippen molar-refractivity contribution in [3.8, 4) is 0 Å². The maximum Gasteiger partial charge on any atom is 0.300 e. The van der Waals surface area contributed by atoms with Gasteiger partial charge < -0.3 is 5.11 Å². The van der Waals surface area contributed by atoms with Gasteiger partial charge in [-0.25, -0.2) is 0 Å². The molecule has 1 aliphatic heterocycles. The topological polar surface area (TPSA) is 70.5 Å². The standard InChI is InChI=1S/C22H15ClN2O3/c23-15-9-6-10-16(13-15)25-19(17-11-4-5-12-24-17)18(21(27)22(25)28)20(26)14-7-2-1-3-8-14/h1-13,19,26H/b20-18+. The number of benzene rings is 2. The molecule has 4 rings (SSSR count). The molecule has 28 heavy (non-hydrogen) atoms. The normalized spacial score (nSPS) is 18.5. The Bertz CT molecular complexity index is 1080. The van der Waals surface area contributed by atoms with Crippen LogP contribution < -0.4 is 4.90 Å². The number of nitrogens with zero attached hydrogens (tertiary/aromatic N) is 2. The van der Waals surface area contributed by atoms with Crippen LogP contribution in [0.4, 0.5) is 5.69 Å². The molecule has 1 atom stereocenters. The molecule has 0 aliphatic carbocycles. The number of aliphatic hydroxyl groups is 1. The average Bonchev–Trinajstić information content (AvgIpc) is 3.00. The highest BCUT2D eigenvalue weighted by atomic mass is 35.5. The van der Waals surface area contributed by atoms with Crippen LogP contribution in [0.5, 0.6) is 0 Å². The number of amides is 1. The van der Waals surface area contributed by atoms with Gasteiger partial charge in [0.1, 0.15) is 11.8 Å². The molecule has 1 saturated heterocycles. The first-order chi connectivity index (χ1) is 13.6. The van der Waals surface area contributed by atoms with E-state index in [4.69, 9.17) is 11.6 Å². The van der Waals surface area contributed by atoms with Crippen LogP contribution in [-0.4, -0.2) is 21.8 Å². The lowest BCUT2D eigenvalue weighted by Gasteiger charge is -2.24. The number of carbonyl (C=O) groups excluding carboxylic acids is 2. The van der Waals surface area contributed by atoms with Gasteiger partial charge in [0.05, 0.1) is 11.3 Å². The third-order valence-corrected chi connectivity index (χ3v) is 4.78. The molecule has 138 valence electrons. The molecule has 0 radical (unpaired) electrons. The Hall–Kier alpha value is -3.44. The highest BCUT2D eigenvalue weighted by Crippen LogP contribution is 2.41. The Labute approximate surface area is 166 Å². The largest absolute Gasteiger partial charge is 0.507 e. The Kier molecular flexibility index (Phi) is 4.67. The number of aromatic nitrogens is 1. The maximum absolute atomic E-state index is 12.9. The van der Waals surface area contributed by atoms with Crippen LogP contribution in [0.2, 0.25) is 5.02 Å². The zero-order valence-corrected chi connectivity index (χ0v) is 15.4. The molecule has 2 aromatic carbocycles. The minimum absolute atomic E-state index is 0.00474. The van der Waals surface area contributed by atoms with Crippen molar-refractivity contribution in [1.29, 1.82) is 0 Å². The number of anilines is 1. The second-order valence-corrected chi connectivity index (χ2v) is 6.71. The summed E-state index contributed by atoms with van der Waals surface area (Å²) in [7, 11) is 0. The first-order valence-corrected chi connectivity index (χ1v) is 8.98. The van der Waals surface area contributed by atoms with Crippen LogP contribution >= 0.6 is 11.6 Å². The summed E-state index contributed by atoms with van der Waals surface area (Å²) in [6, 6.07) is 19.7. The summed E-state index contributed by atoms with van der Waals surface area (Å²) in [6.45, 7) is 0. The lowest BCUT2D eigenvalue weighted by atomic mass is 9.98. The molecular weight excluding hydrogens is 376 g/mol. The zero-order chi connectivity index (χ0) is 19.7. The molecule has 1 unspecified atom stereocenters. The van der Waals surface area contributed by atoms with Crippen molar-refractivity contribution in [3.05, 3.63) is 101 Å². The second-order valence-electron chi connectivity index (χ2n) is 6.27. The van der Waals surface area contributed by atoms with E-state index in [0.29, 0.717) is 22.0 Å². The van der Waals surface area contributed by atoms with E-state index in [-0.39, 0.29) is 11.3 Å². The van der Waals surface area contributed by atoms with E-state index in [1.54, 1.807) is 79.0 Å². The average molecular weight is 391 g/mol. The Morgan fingerprint density at radius 2 is 1.71 bits per heavy atom. The van der Waals surface area contributed by atoms with Gasteiger partial charge in [0, 0.05) is 22.5 Å². The van der Waals surface area contributed by atoms with Gasteiger partial charge in [-0.05, 0) is 30.3 Å². The third kappa shape index (κ3) is 3.06. The van der Waals surface area contributed by atoms with Crippen LogP contribution in [0.15, 0.2) is 84.6 Å². The highest BCUT2D eigenvalue weighted by molar-refractivity contribution is 6.51. The fourth-order valence-corrected chi connectivity index (χ4v) is 3.48. The monoisotopic (exact) mass is 390 g/mol. The smallest absolute Gasteiger partial charge is 0.300 e. The Morgan fingerprint density at radius 3 is 2.39 bits per heavy atom. The summed E-state index contributed by atoms with van der Waals surface area (Å²) in [5.41, 5.74) is 1.37. The molecule has 1 aromatic heterocycles. The number of halogens is 1. The third-order valence-electron chi connectivity index (χ3n) is 4.55. The quantitative estimate of drug-likeness (QED) is 0.410. The highest BCUT2D eigenvalue weighted by Gasteiger charge is 2.47. The molecule has 5 nitrogen and oxygen atoms in total. The molecule has 0 bridgehead atoms. The number of hydrogen-bond donors (Lipinski definition) is 1. The Morgan fingerprint density at radius 1 is 0.964 bits per heavy atom. The lowest BCUT2D eigenvalue weighted by molar-refractivity contribution is -0.132. The predicted octanol–water partition coefficient (Wildman–Crippen LogP) is 4.36. The molecule has 0 spiro atoms. The van der Waals surface area contributed by atoms with Crippen LogP contribution in [-0.2, 0) is 9.59 Å². The summed E-state index contributed by atoms with van der Waals surface area (Å²) in [4.78, 5) is 31.5. The molecule has 1 aliphatic rings. The van der Waals surface area contributed by atoms with Crippen LogP contribution in [0.1, 0.15) is 17.3 Å². The van der Waals surface area contributed by atoms with Crippen molar-refractivity contribution < 1.29 is 14.7 Å². The molecule has 6 heteroatoms. The first kappa shape index (κ1) is 17.9. The number of pyridine rings is 1. The van der Waals surface area contributed by atoms with E-state index in [9.17, 15) is 14.7 Å². The summed E-state index contributed by atoms with van der Waals surface area (Å²) in [6.07, 6.45) is 1.58. The molecule has 1 N–H and O–H groups in total. The molecular formula is C22H15ClN2O3. The maximum atomic E-state index is 12.9. The van der Waals surface area contributed by atoms with Gasteiger partial charge in [0.25, 0.3) is 11.7 Å². The van der Waals surface area contributed by atoms with Gasteiger partial charge in [-0.2, -0.15) is 0 Å². The van der Waals surface area contributed by atoms with Crippen molar-refractivity contribution in [3.63, 3.8) is 0 Å². The fraction of sp³-hybridized carbons (Fsp3) is 0.0455. The number of ketones is 1.